The lowest BCUT2D eigenvalue weighted by Gasteiger charge is -1.86. The van der Waals surface area contributed by atoms with Crippen LogP contribution in [0.3, 0.4) is 0 Å². The minimum atomic E-state index is 0.307. The van der Waals surface area contributed by atoms with Crippen LogP contribution < -0.4 is 0 Å². The second-order valence-corrected chi connectivity index (χ2v) is 2.04. The molecule has 0 heterocycles. The number of ketones is 1. The Morgan fingerprint density at radius 2 is 1.90 bits per heavy atom. The first-order valence-corrected chi connectivity index (χ1v) is 3.58. The van der Waals surface area contributed by atoms with Gasteiger partial charge in [0.1, 0.15) is 12.1 Å². The lowest BCUT2D eigenvalue weighted by molar-refractivity contribution is -0.117. The van der Waals surface area contributed by atoms with Gasteiger partial charge in [0.25, 0.3) is 0 Å². The Hall–Kier alpha value is -0.660. The van der Waals surface area contributed by atoms with Crippen molar-refractivity contribution in [2.24, 2.45) is 0 Å². The Kier molecular flexibility index (Phi) is 13.5. The molecule has 0 spiro atoms. The van der Waals surface area contributed by atoms with E-state index >= 15 is 0 Å². The fourth-order valence-corrected chi connectivity index (χ4v) is 0.426. The lowest BCUT2D eigenvalue weighted by Crippen LogP contribution is -1.86. The summed E-state index contributed by atoms with van der Waals surface area (Å²) in [5.41, 5.74) is 0. The zero-order chi connectivity index (χ0) is 8.41. The van der Waals surface area contributed by atoms with Crippen molar-refractivity contribution in [2.45, 2.75) is 40.0 Å². The highest BCUT2D eigenvalue weighted by Gasteiger charge is 1.87. The van der Waals surface area contributed by atoms with E-state index < -0.39 is 0 Å². The first kappa shape index (κ1) is 12.1. The van der Waals surface area contributed by atoms with E-state index in [1.165, 1.54) is 6.92 Å². The molecule has 0 N–H and O–H groups in total. The SMILES string of the molecule is CC=O.CCCCC(C)=O. The Morgan fingerprint density at radius 1 is 1.50 bits per heavy atom. The minimum absolute atomic E-state index is 0.307. The Balaban J connectivity index is 0. The van der Waals surface area contributed by atoms with E-state index in [4.69, 9.17) is 4.79 Å². The fourth-order valence-electron chi connectivity index (χ4n) is 0.426. The maximum atomic E-state index is 10.2. The number of carbonyl (C=O) groups is 2. The first-order valence-electron chi connectivity index (χ1n) is 3.58. The largest absolute Gasteiger partial charge is 0.304 e. The van der Waals surface area contributed by atoms with E-state index in [-0.39, 0.29) is 0 Å². The predicted octanol–water partition coefficient (Wildman–Crippen LogP) is 1.97. The van der Waals surface area contributed by atoms with Gasteiger partial charge in [-0.05, 0) is 20.3 Å². The van der Waals surface area contributed by atoms with Gasteiger partial charge in [0.15, 0.2) is 0 Å². The number of aldehydes is 1. The molecule has 60 valence electrons. The van der Waals surface area contributed by atoms with Crippen LogP contribution in [0.5, 0.6) is 0 Å². The van der Waals surface area contributed by atoms with E-state index in [0.29, 0.717) is 5.78 Å². The Bertz CT molecular complexity index is 87.3. The van der Waals surface area contributed by atoms with Gasteiger partial charge in [0.05, 0.1) is 0 Å². The molecule has 0 aliphatic rings. The van der Waals surface area contributed by atoms with Crippen LogP contribution in [0.15, 0.2) is 0 Å². The highest BCUT2D eigenvalue weighted by atomic mass is 16.1. The number of rotatable bonds is 3. The summed E-state index contributed by atoms with van der Waals surface area (Å²) in [6.45, 7) is 5.17. The molecule has 0 aromatic carbocycles. The molecule has 2 heteroatoms. The average molecular weight is 144 g/mol. The Labute approximate surface area is 62.6 Å². The topological polar surface area (TPSA) is 34.1 Å². The highest BCUT2D eigenvalue weighted by molar-refractivity contribution is 5.75. The van der Waals surface area contributed by atoms with E-state index in [9.17, 15) is 4.79 Å². The van der Waals surface area contributed by atoms with Crippen molar-refractivity contribution in [3.8, 4) is 0 Å². The smallest absolute Gasteiger partial charge is 0.129 e. The van der Waals surface area contributed by atoms with Crippen molar-refractivity contribution >= 4 is 12.1 Å². The summed E-state index contributed by atoms with van der Waals surface area (Å²) < 4.78 is 0. The van der Waals surface area contributed by atoms with Crippen LogP contribution in [0.2, 0.25) is 0 Å². The van der Waals surface area contributed by atoms with Gasteiger partial charge in [0.2, 0.25) is 0 Å². The third-order valence-corrected chi connectivity index (χ3v) is 0.882. The van der Waals surface area contributed by atoms with Crippen LogP contribution in [-0.2, 0) is 9.59 Å². The molecule has 2 nitrogen and oxygen atoms in total. The van der Waals surface area contributed by atoms with E-state index in [2.05, 4.69) is 6.92 Å². The number of hydrogen-bond donors (Lipinski definition) is 0. The van der Waals surface area contributed by atoms with Gasteiger partial charge in [-0.3, -0.25) is 0 Å². The van der Waals surface area contributed by atoms with E-state index in [1.807, 2.05) is 0 Å². The molecule has 0 saturated heterocycles. The predicted molar refractivity (Wildman–Crippen MR) is 41.9 cm³/mol. The summed E-state index contributed by atoms with van der Waals surface area (Å²) in [7, 11) is 0. The molecule has 10 heavy (non-hydrogen) atoms. The molecule has 0 aliphatic carbocycles. The van der Waals surface area contributed by atoms with Crippen LogP contribution in [0.25, 0.3) is 0 Å². The molecule has 0 aromatic rings. The number of carbonyl (C=O) groups excluding carboxylic acids is 2. The van der Waals surface area contributed by atoms with Crippen molar-refractivity contribution in [1.82, 2.24) is 0 Å². The van der Waals surface area contributed by atoms with Gasteiger partial charge < -0.3 is 9.59 Å². The van der Waals surface area contributed by atoms with Crippen LogP contribution in [0.1, 0.15) is 40.0 Å². The van der Waals surface area contributed by atoms with Gasteiger partial charge in [-0.25, -0.2) is 0 Å². The van der Waals surface area contributed by atoms with Crippen LogP contribution >= 0.6 is 0 Å². The molecule has 0 aliphatic heterocycles. The zero-order valence-electron chi connectivity index (χ0n) is 7.02. The molecule has 0 amide bonds. The van der Waals surface area contributed by atoms with Crippen molar-refractivity contribution in [3.05, 3.63) is 0 Å². The van der Waals surface area contributed by atoms with Crippen LogP contribution in [0.4, 0.5) is 0 Å². The highest BCUT2D eigenvalue weighted by Crippen LogP contribution is 1.92. The molecule has 0 aromatic heterocycles. The standard InChI is InChI=1S/C6H12O.C2H4O/c1-3-4-5-6(2)7;1-2-3/h3-5H2,1-2H3;2H,1H3. The molecule has 0 bridgehead atoms. The quantitative estimate of drug-likeness (QED) is 0.567. The second kappa shape index (κ2) is 11.2. The molecule has 0 atom stereocenters. The molecule has 0 rings (SSSR count). The summed E-state index contributed by atoms with van der Waals surface area (Å²) in [6, 6.07) is 0. The van der Waals surface area contributed by atoms with Crippen molar-refractivity contribution in [2.75, 3.05) is 0 Å². The third kappa shape index (κ3) is 26.4. The third-order valence-electron chi connectivity index (χ3n) is 0.882. The van der Waals surface area contributed by atoms with Gasteiger partial charge in [-0.2, -0.15) is 0 Å². The summed E-state index contributed by atoms with van der Waals surface area (Å²) in [6.07, 6.45) is 3.69. The first-order chi connectivity index (χ1) is 4.68. The van der Waals surface area contributed by atoms with Gasteiger partial charge >= 0.3 is 0 Å². The minimum Gasteiger partial charge on any atom is -0.304 e. The Morgan fingerprint density at radius 3 is 2.00 bits per heavy atom. The maximum absolute atomic E-state index is 10.2. The summed E-state index contributed by atoms with van der Waals surface area (Å²) in [5, 5.41) is 0. The van der Waals surface area contributed by atoms with Gasteiger partial charge in [-0.1, -0.05) is 13.3 Å². The van der Waals surface area contributed by atoms with Gasteiger partial charge in [-0.15, -0.1) is 0 Å². The van der Waals surface area contributed by atoms with E-state index in [1.54, 1.807) is 6.92 Å². The summed E-state index contributed by atoms with van der Waals surface area (Å²) in [5.74, 6) is 0.307. The zero-order valence-corrected chi connectivity index (χ0v) is 7.02. The number of hydrogen-bond acceptors (Lipinski definition) is 2. The fraction of sp³-hybridized carbons (Fsp3) is 0.750. The maximum Gasteiger partial charge on any atom is 0.129 e. The van der Waals surface area contributed by atoms with E-state index in [0.717, 1.165) is 25.5 Å². The number of unbranched alkanes of at least 4 members (excludes halogenated alkanes) is 1. The van der Waals surface area contributed by atoms with Crippen molar-refractivity contribution in [3.63, 3.8) is 0 Å². The summed E-state index contributed by atoms with van der Waals surface area (Å²) in [4.78, 5) is 19.0. The van der Waals surface area contributed by atoms with Gasteiger partial charge in [0, 0.05) is 6.42 Å². The number of Topliss-reactive ketones (excluding diaryl/α,β-unsaturated/α-hetero) is 1. The summed E-state index contributed by atoms with van der Waals surface area (Å²) >= 11 is 0. The van der Waals surface area contributed by atoms with Crippen LogP contribution in [0, 0.1) is 0 Å². The van der Waals surface area contributed by atoms with Crippen LogP contribution in [-0.4, -0.2) is 12.1 Å². The molecule has 0 unspecified atom stereocenters. The molecule has 0 fully saturated rings. The second-order valence-electron chi connectivity index (χ2n) is 2.04. The normalized spacial score (nSPS) is 7.50. The van der Waals surface area contributed by atoms with Crippen molar-refractivity contribution < 1.29 is 9.59 Å². The average Bonchev–Trinajstić information content (AvgIpc) is 1.85. The molecule has 0 radical (unpaired) electrons. The molecule has 0 saturated carbocycles. The van der Waals surface area contributed by atoms with Crippen molar-refractivity contribution in [1.29, 1.82) is 0 Å². The molecular formula is C8H16O2. The molecular weight excluding hydrogens is 128 g/mol. The lowest BCUT2D eigenvalue weighted by atomic mass is 10.2. The monoisotopic (exact) mass is 144 g/mol.